The van der Waals surface area contributed by atoms with Crippen molar-refractivity contribution in [1.29, 1.82) is 0 Å². The molecule has 1 aromatic carbocycles. The highest BCUT2D eigenvalue weighted by Gasteiger charge is 2.13. The van der Waals surface area contributed by atoms with Gasteiger partial charge in [0.2, 0.25) is 0 Å². The van der Waals surface area contributed by atoms with Crippen LogP contribution in [0.1, 0.15) is 24.5 Å². The molecule has 6 heteroatoms. The maximum atomic E-state index is 5.47. The highest BCUT2D eigenvalue weighted by Crippen LogP contribution is 2.35. The fraction of sp³-hybridized carbons (Fsp3) is 0.333. The zero-order chi connectivity index (χ0) is 17.1. The number of aryl methyl sites for hydroxylation is 2. The Kier molecular flexibility index (Phi) is 4.85. The monoisotopic (exact) mass is 343 g/mol. The van der Waals surface area contributed by atoms with Crippen LogP contribution < -0.4 is 14.8 Å². The summed E-state index contributed by atoms with van der Waals surface area (Å²) in [5.41, 5.74) is 0.851. The van der Waals surface area contributed by atoms with E-state index >= 15 is 0 Å². The molecule has 0 spiro atoms. The molecular formula is C18H21N3O2S. The van der Waals surface area contributed by atoms with E-state index in [1.807, 2.05) is 18.2 Å². The fourth-order valence-electron chi connectivity index (χ4n) is 2.47. The number of benzene rings is 1. The van der Waals surface area contributed by atoms with E-state index in [1.54, 1.807) is 25.6 Å². The van der Waals surface area contributed by atoms with Crippen molar-refractivity contribution in [3.8, 4) is 11.5 Å². The Hall–Kier alpha value is -2.34. The molecule has 0 aliphatic carbocycles. The first-order valence-electron chi connectivity index (χ1n) is 7.96. The normalized spacial score (nSPS) is 10.8. The lowest BCUT2D eigenvalue weighted by Gasteiger charge is -2.13. The van der Waals surface area contributed by atoms with Gasteiger partial charge in [0.25, 0.3) is 0 Å². The van der Waals surface area contributed by atoms with Crippen LogP contribution in [0, 0.1) is 0 Å². The number of fused-ring (bicyclic) bond motifs is 1. The van der Waals surface area contributed by atoms with Gasteiger partial charge in [0.1, 0.15) is 28.0 Å². The molecule has 0 saturated carbocycles. The van der Waals surface area contributed by atoms with Gasteiger partial charge in [-0.2, -0.15) is 0 Å². The van der Waals surface area contributed by atoms with Gasteiger partial charge < -0.3 is 14.8 Å². The van der Waals surface area contributed by atoms with Crippen molar-refractivity contribution in [2.75, 3.05) is 19.5 Å². The smallest absolute Gasteiger partial charge is 0.146 e. The summed E-state index contributed by atoms with van der Waals surface area (Å²) in [6, 6.07) is 7.85. The summed E-state index contributed by atoms with van der Waals surface area (Å²) in [6.45, 7) is 4.21. The van der Waals surface area contributed by atoms with Crippen LogP contribution in [0.25, 0.3) is 10.2 Å². The quantitative estimate of drug-likeness (QED) is 0.710. The summed E-state index contributed by atoms with van der Waals surface area (Å²) in [4.78, 5) is 11.7. The van der Waals surface area contributed by atoms with Crippen LogP contribution in [-0.2, 0) is 12.8 Å². The largest absolute Gasteiger partial charge is 0.497 e. The second-order valence-corrected chi connectivity index (χ2v) is 6.43. The van der Waals surface area contributed by atoms with Crippen LogP contribution in [-0.4, -0.2) is 24.2 Å². The lowest BCUT2D eigenvalue weighted by atomic mass is 10.2. The third-order valence-electron chi connectivity index (χ3n) is 3.82. The molecule has 0 aliphatic rings. The molecule has 3 rings (SSSR count). The zero-order valence-electron chi connectivity index (χ0n) is 14.3. The van der Waals surface area contributed by atoms with Crippen molar-refractivity contribution in [2.24, 2.45) is 0 Å². The molecule has 24 heavy (non-hydrogen) atoms. The number of nitrogens with zero attached hydrogens (tertiary/aromatic N) is 2. The minimum absolute atomic E-state index is 0.713. The molecule has 1 N–H and O–H groups in total. The predicted octanol–water partition coefficient (Wildman–Crippen LogP) is 4.58. The SMILES string of the molecule is CCc1nc(Nc2ccc(OC)cc2OC)c2cc(CC)sc2n1. The summed E-state index contributed by atoms with van der Waals surface area (Å²) in [5.74, 6) is 3.12. The number of ether oxygens (including phenoxy) is 2. The van der Waals surface area contributed by atoms with Gasteiger partial charge in [0, 0.05) is 17.4 Å². The van der Waals surface area contributed by atoms with Crippen molar-refractivity contribution >= 4 is 33.1 Å². The molecule has 0 aliphatic heterocycles. The minimum atomic E-state index is 0.713. The number of methoxy groups -OCH3 is 2. The molecule has 0 bridgehead atoms. The molecule has 126 valence electrons. The van der Waals surface area contributed by atoms with E-state index in [4.69, 9.17) is 9.47 Å². The van der Waals surface area contributed by atoms with E-state index in [1.165, 1.54) is 4.88 Å². The van der Waals surface area contributed by atoms with Crippen molar-refractivity contribution in [1.82, 2.24) is 9.97 Å². The van der Waals surface area contributed by atoms with Gasteiger partial charge in [-0.05, 0) is 24.6 Å². The highest BCUT2D eigenvalue weighted by molar-refractivity contribution is 7.18. The standard InChI is InChI=1S/C18H21N3O2S/c1-5-12-10-13-17(20-16(6-2)21-18(13)24-12)19-14-8-7-11(22-3)9-15(14)23-4/h7-10H,5-6H2,1-4H3,(H,19,20,21). The maximum absolute atomic E-state index is 5.47. The first-order chi connectivity index (χ1) is 11.7. The van der Waals surface area contributed by atoms with Crippen molar-refractivity contribution in [3.05, 3.63) is 35.0 Å². The topological polar surface area (TPSA) is 56.3 Å². The minimum Gasteiger partial charge on any atom is -0.497 e. The van der Waals surface area contributed by atoms with Gasteiger partial charge in [0.05, 0.1) is 25.3 Å². The van der Waals surface area contributed by atoms with Crippen LogP contribution in [0.5, 0.6) is 11.5 Å². The molecule has 0 fully saturated rings. The number of thiophene rings is 1. The Balaban J connectivity index is 2.07. The van der Waals surface area contributed by atoms with Gasteiger partial charge in [-0.15, -0.1) is 11.3 Å². The average Bonchev–Trinajstić information content (AvgIpc) is 3.05. The van der Waals surface area contributed by atoms with E-state index < -0.39 is 0 Å². The number of anilines is 2. The Morgan fingerprint density at radius 1 is 1.04 bits per heavy atom. The molecule has 5 nitrogen and oxygen atoms in total. The predicted molar refractivity (Wildman–Crippen MR) is 99.0 cm³/mol. The molecule has 0 saturated heterocycles. The third kappa shape index (κ3) is 3.14. The van der Waals surface area contributed by atoms with Gasteiger partial charge in [-0.3, -0.25) is 0 Å². The zero-order valence-corrected chi connectivity index (χ0v) is 15.2. The highest BCUT2D eigenvalue weighted by atomic mass is 32.1. The number of hydrogen-bond donors (Lipinski definition) is 1. The average molecular weight is 343 g/mol. The van der Waals surface area contributed by atoms with E-state index in [2.05, 4.69) is 35.2 Å². The van der Waals surface area contributed by atoms with Gasteiger partial charge >= 0.3 is 0 Å². The molecule has 0 amide bonds. The van der Waals surface area contributed by atoms with Crippen molar-refractivity contribution in [3.63, 3.8) is 0 Å². The van der Waals surface area contributed by atoms with Gasteiger partial charge in [-0.1, -0.05) is 13.8 Å². The lowest BCUT2D eigenvalue weighted by Crippen LogP contribution is -2.01. The van der Waals surface area contributed by atoms with E-state index in [0.717, 1.165) is 46.1 Å². The van der Waals surface area contributed by atoms with Gasteiger partial charge in [0.15, 0.2) is 0 Å². The fourth-order valence-corrected chi connectivity index (χ4v) is 3.46. The number of aromatic nitrogens is 2. The lowest BCUT2D eigenvalue weighted by molar-refractivity contribution is 0.395. The van der Waals surface area contributed by atoms with Crippen LogP contribution in [0.2, 0.25) is 0 Å². The molecule has 0 atom stereocenters. The van der Waals surface area contributed by atoms with Crippen LogP contribution in [0.15, 0.2) is 24.3 Å². The molecular weight excluding hydrogens is 322 g/mol. The molecule has 0 radical (unpaired) electrons. The second kappa shape index (κ2) is 7.05. The molecule has 2 aromatic heterocycles. The van der Waals surface area contributed by atoms with Crippen molar-refractivity contribution < 1.29 is 9.47 Å². The first kappa shape index (κ1) is 16.5. The Labute approximate surface area is 145 Å². The molecule has 2 heterocycles. The van der Waals surface area contributed by atoms with E-state index in [9.17, 15) is 0 Å². The van der Waals surface area contributed by atoms with E-state index in [0.29, 0.717) is 5.75 Å². The number of nitrogens with one attached hydrogen (secondary N) is 1. The Morgan fingerprint density at radius 2 is 1.88 bits per heavy atom. The third-order valence-corrected chi connectivity index (χ3v) is 4.99. The summed E-state index contributed by atoms with van der Waals surface area (Å²) in [6.07, 6.45) is 1.79. The summed E-state index contributed by atoms with van der Waals surface area (Å²) >= 11 is 1.73. The molecule has 3 aromatic rings. The first-order valence-corrected chi connectivity index (χ1v) is 8.78. The summed E-state index contributed by atoms with van der Waals surface area (Å²) in [5, 5.41) is 4.45. The van der Waals surface area contributed by atoms with Crippen LogP contribution >= 0.6 is 11.3 Å². The number of hydrogen-bond acceptors (Lipinski definition) is 6. The molecule has 0 unspecified atom stereocenters. The van der Waals surface area contributed by atoms with Gasteiger partial charge in [-0.25, -0.2) is 9.97 Å². The van der Waals surface area contributed by atoms with Crippen molar-refractivity contribution in [2.45, 2.75) is 26.7 Å². The summed E-state index contributed by atoms with van der Waals surface area (Å²) < 4.78 is 10.7. The Morgan fingerprint density at radius 3 is 2.54 bits per heavy atom. The maximum Gasteiger partial charge on any atom is 0.146 e. The number of rotatable bonds is 6. The Bertz CT molecular complexity index is 861. The van der Waals surface area contributed by atoms with Crippen LogP contribution in [0.3, 0.4) is 0 Å². The summed E-state index contributed by atoms with van der Waals surface area (Å²) in [7, 11) is 3.29. The van der Waals surface area contributed by atoms with Crippen LogP contribution in [0.4, 0.5) is 11.5 Å². The second-order valence-electron chi connectivity index (χ2n) is 5.32. The van der Waals surface area contributed by atoms with E-state index in [-0.39, 0.29) is 0 Å².